The summed E-state index contributed by atoms with van der Waals surface area (Å²) in [6.07, 6.45) is 0. The molecule has 140 valence electrons. The molecule has 1 aromatic heterocycles. The molecule has 0 bridgehead atoms. The van der Waals surface area contributed by atoms with E-state index in [1.165, 1.54) is 0 Å². The molecular formula is C20H27N3O3. The van der Waals surface area contributed by atoms with Crippen LogP contribution in [0.5, 0.6) is 0 Å². The SMILES string of the molecule is CCOC(=O)c1c(C)[nH]c(C(=O)Nc2ccc(N(CC)CC)cc2)c1C. The van der Waals surface area contributed by atoms with Gasteiger partial charge in [0.2, 0.25) is 0 Å². The number of anilines is 2. The van der Waals surface area contributed by atoms with Crippen LogP contribution >= 0.6 is 0 Å². The van der Waals surface area contributed by atoms with Gasteiger partial charge in [0.1, 0.15) is 5.69 Å². The lowest BCUT2D eigenvalue weighted by atomic mass is 10.1. The van der Waals surface area contributed by atoms with Gasteiger partial charge in [0, 0.05) is 30.2 Å². The zero-order valence-corrected chi connectivity index (χ0v) is 16.1. The van der Waals surface area contributed by atoms with E-state index in [1.54, 1.807) is 20.8 Å². The number of ether oxygens (including phenoxy) is 1. The molecule has 1 aromatic carbocycles. The van der Waals surface area contributed by atoms with Crippen molar-refractivity contribution in [3.63, 3.8) is 0 Å². The average Bonchev–Trinajstić information content (AvgIpc) is 2.92. The summed E-state index contributed by atoms with van der Waals surface area (Å²) in [4.78, 5) is 29.9. The van der Waals surface area contributed by atoms with E-state index >= 15 is 0 Å². The van der Waals surface area contributed by atoms with E-state index in [-0.39, 0.29) is 5.91 Å². The Bertz CT molecular complexity index is 774. The fourth-order valence-electron chi connectivity index (χ4n) is 3.02. The number of H-pyrrole nitrogens is 1. The molecule has 0 saturated heterocycles. The molecule has 0 atom stereocenters. The van der Waals surface area contributed by atoms with Crippen LogP contribution in [0.4, 0.5) is 11.4 Å². The van der Waals surface area contributed by atoms with Crippen LogP contribution in [-0.2, 0) is 4.74 Å². The van der Waals surface area contributed by atoms with Gasteiger partial charge >= 0.3 is 5.97 Å². The Morgan fingerprint density at radius 3 is 2.23 bits per heavy atom. The first kappa shape index (κ1) is 19.6. The number of carbonyl (C=O) groups excluding carboxylic acids is 2. The fourth-order valence-corrected chi connectivity index (χ4v) is 3.02. The van der Waals surface area contributed by atoms with Gasteiger partial charge < -0.3 is 19.9 Å². The molecule has 2 aromatic rings. The third-order valence-electron chi connectivity index (χ3n) is 4.40. The van der Waals surface area contributed by atoms with Gasteiger partial charge in [-0.3, -0.25) is 4.79 Å². The standard InChI is InChI=1S/C20H27N3O3/c1-6-23(7-2)16-11-9-15(10-12-16)22-19(24)18-13(4)17(14(5)21-18)20(25)26-8-3/h9-12,21H,6-8H2,1-5H3,(H,22,24). The lowest BCUT2D eigenvalue weighted by Gasteiger charge is -2.21. The number of amides is 1. The molecule has 0 radical (unpaired) electrons. The first-order chi connectivity index (χ1) is 12.4. The van der Waals surface area contributed by atoms with Gasteiger partial charge in [-0.15, -0.1) is 0 Å². The highest BCUT2D eigenvalue weighted by atomic mass is 16.5. The summed E-state index contributed by atoms with van der Waals surface area (Å²) in [7, 11) is 0. The van der Waals surface area contributed by atoms with Crippen molar-refractivity contribution in [3.8, 4) is 0 Å². The highest BCUT2D eigenvalue weighted by Gasteiger charge is 2.22. The summed E-state index contributed by atoms with van der Waals surface area (Å²) >= 11 is 0. The van der Waals surface area contributed by atoms with E-state index in [4.69, 9.17) is 4.74 Å². The summed E-state index contributed by atoms with van der Waals surface area (Å²) in [5.41, 5.74) is 3.84. The van der Waals surface area contributed by atoms with Crippen molar-refractivity contribution < 1.29 is 14.3 Å². The van der Waals surface area contributed by atoms with Crippen LogP contribution in [0.25, 0.3) is 0 Å². The van der Waals surface area contributed by atoms with Gasteiger partial charge in [-0.1, -0.05) is 0 Å². The second-order valence-corrected chi connectivity index (χ2v) is 6.02. The predicted octanol–water partition coefficient (Wildman–Crippen LogP) is 3.91. The number of nitrogens with zero attached hydrogens (tertiary/aromatic N) is 1. The highest BCUT2D eigenvalue weighted by Crippen LogP contribution is 2.22. The van der Waals surface area contributed by atoms with Crippen molar-refractivity contribution in [2.45, 2.75) is 34.6 Å². The van der Waals surface area contributed by atoms with Gasteiger partial charge in [0.25, 0.3) is 5.91 Å². The maximum absolute atomic E-state index is 12.6. The largest absolute Gasteiger partial charge is 0.462 e. The van der Waals surface area contributed by atoms with E-state index in [2.05, 4.69) is 29.0 Å². The lowest BCUT2D eigenvalue weighted by Crippen LogP contribution is -2.21. The molecule has 26 heavy (non-hydrogen) atoms. The highest BCUT2D eigenvalue weighted by molar-refractivity contribution is 6.06. The Hall–Kier alpha value is -2.76. The second kappa shape index (κ2) is 8.56. The van der Waals surface area contributed by atoms with Crippen LogP contribution in [0.2, 0.25) is 0 Å². The molecule has 6 nitrogen and oxygen atoms in total. The topological polar surface area (TPSA) is 74.4 Å². The van der Waals surface area contributed by atoms with Crippen LogP contribution in [0, 0.1) is 13.8 Å². The predicted molar refractivity (Wildman–Crippen MR) is 104 cm³/mol. The van der Waals surface area contributed by atoms with E-state index in [0.717, 1.165) is 18.8 Å². The van der Waals surface area contributed by atoms with Crippen LogP contribution in [-0.4, -0.2) is 36.6 Å². The Labute approximate surface area is 154 Å². The van der Waals surface area contributed by atoms with Gasteiger partial charge in [-0.25, -0.2) is 4.79 Å². The van der Waals surface area contributed by atoms with Gasteiger partial charge in [-0.2, -0.15) is 0 Å². The molecule has 0 spiro atoms. The number of hydrogen-bond donors (Lipinski definition) is 2. The first-order valence-electron chi connectivity index (χ1n) is 8.95. The Morgan fingerprint density at radius 2 is 1.69 bits per heavy atom. The number of carbonyl (C=O) groups is 2. The number of nitrogens with one attached hydrogen (secondary N) is 2. The molecule has 0 aliphatic rings. The maximum atomic E-state index is 12.6. The molecular weight excluding hydrogens is 330 g/mol. The first-order valence-corrected chi connectivity index (χ1v) is 8.95. The number of esters is 1. The maximum Gasteiger partial charge on any atom is 0.340 e. The quantitative estimate of drug-likeness (QED) is 0.737. The van der Waals surface area contributed by atoms with E-state index in [9.17, 15) is 9.59 Å². The number of aromatic nitrogens is 1. The summed E-state index contributed by atoms with van der Waals surface area (Å²) in [6.45, 7) is 11.6. The molecule has 0 aliphatic heterocycles. The molecule has 0 unspecified atom stereocenters. The third kappa shape index (κ3) is 4.07. The molecule has 0 fully saturated rings. The van der Waals surface area contributed by atoms with E-state index in [1.807, 2.05) is 24.3 Å². The second-order valence-electron chi connectivity index (χ2n) is 6.02. The van der Waals surface area contributed by atoms with Crippen molar-refractivity contribution in [1.82, 2.24) is 4.98 Å². The molecule has 1 amide bonds. The van der Waals surface area contributed by atoms with Gasteiger partial charge in [0.15, 0.2) is 0 Å². The summed E-state index contributed by atoms with van der Waals surface area (Å²) in [5, 5.41) is 2.87. The van der Waals surface area contributed by atoms with Crippen LogP contribution in [0.15, 0.2) is 24.3 Å². The molecule has 2 N–H and O–H groups in total. The number of aromatic amines is 1. The van der Waals surface area contributed by atoms with Crippen molar-refractivity contribution in [2.75, 3.05) is 29.9 Å². The molecule has 1 heterocycles. The molecule has 0 saturated carbocycles. The van der Waals surface area contributed by atoms with E-state index < -0.39 is 5.97 Å². The van der Waals surface area contributed by atoms with Crippen molar-refractivity contribution in [2.24, 2.45) is 0 Å². The fraction of sp³-hybridized carbons (Fsp3) is 0.400. The van der Waals surface area contributed by atoms with Gasteiger partial charge in [-0.05, 0) is 64.4 Å². The van der Waals surface area contributed by atoms with Crippen molar-refractivity contribution in [1.29, 1.82) is 0 Å². The number of benzene rings is 1. The lowest BCUT2D eigenvalue weighted by molar-refractivity contribution is 0.0525. The molecule has 2 rings (SSSR count). The summed E-state index contributed by atoms with van der Waals surface area (Å²) < 4.78 is 5.06. The van der Waals surface area contributed by atoms with Crippen LogP contribution < -0.4 is 10.2 Å². The minimum absolute atomic E-state index is 0.281. The Balaban J connectivity index is 2.18. The average molecular weight is 357 g/mol. The monoisotopic (exact) mass is 357 g/mol. The smallest absolute Gasteiger partial charge is 0.340 e. The molecule has 6 heteroatoms. The van der Waals surface area contributed by atoms with Crippen LogP contribution in [0.1, 0.15) is 52.9 Å². The number of rotatable bonds is 7. The zero-order chi connectivity index (χ0) is 19.3. The summed E-state index contributed by atoms with van der Waals surface area (Å²) in [5.74, 6) is -0.696. The number of hydrogen-bond acceptors (Lipinski definition) is 4. The van der Waals surface area contributed by atoms with Crippen LogP contribution in [0.3, 0.4) is 0 Å². The van der Waals surface area contributed by atoms with E-state index in [0.29, 0.717) is 34.8 Å². The number of aryl methyl sites for hydroxylation is 1. The van der Waals surface area contributed by atoms with Crippen molar-refractivity contribution >= 4 is 23.3 Å². The zero-order valence-electron chi connectivity index (χ0n) is 16.1. The van der Waals surface area contributed by atoms with Gasteiger partial charge in [0.05, 0.1) is 12.2 Å². The molecule has 0 aliphatic carbocycles. The van der Waals surface area contributed by atoms with Crippen molar-refractivity contribution in [3.05, 3.63) is 46.8 Å². The summed E-state index contributed by atoms with van der Waals surface area (Å²) in [6, 6.07) is 7.73. The minimum atomic E-state index is -0.415. The normalized spacial score (nSPS) is 10.5. The minimum Gasteiger partial charge on any atom is -0.462 e. The third-order valence-corrected chi connectivity index (χ3v) is 4.40. The Kier molecular flexibility index (Phi) is 6.44. The Morgan fingerprint density at radius 1 is 1.08 bits per heavy atom.